The van der Waals surface area contributed by atoms with Crippen molar-refractivity contribution >= 4 is 0 Å². The molecule has 3 saturated carbocycles. The van der Waals surface area contributed by atoms with E-state index in [1.165, 1.54) is 12.8 Å². The third-order valence-corrected chi connectivity index (χ3v) is 7.04. The first-order valence-electron chi connectivity index (χ1n) is 7.35. The monoisotopic (exact) mass is 220 g/mol. The minimum atomic E-state index is 0.653. The van der Waals surface area contributed by atoms with Crippen LogP contribution in [0.1, 0.15) is 54.4 Å². The molecule has 0 amide bonds. The quantitative estimate of drug-likeness (QED) is 0.652. The van der Waals surface area contributed by atoms with Gasteiger partial charge < -0.3 is 0 Å². The molecule has 16 heavy (non-hydrogen) atoms. The molecule has 3 aliphatic carbocycles. The second-order valence-electron chi connectivity index (χ2n) is 7.91. The molecule has 7 unspecified atom stereocenters. The topological polar surface area (TPSA) is 0 Å². The normalized spacial score (nSPS) is 61.9. The summed E-state index contributed by atoms with van der Waals surface area (Å²) in [5.74, 6) is 6.26. The zero-order valence-electron chi connectivity index (χ0n) is 11.9. The Hall–Kier alpha value is 0. The van der Waals surface area contributed by atoms with Gasteiger partial charge >= 0.3 is 0 Å². The maximum Gasteiger partial charge on any atom is -0.0261 e. The first-order chi connectivity index (χ1) is 7.35. The van der Waals surface area contributed by atoms with Gasteiger partial charge in [0, 0.05) is 0 Å². The minimum absolute atomic E-state index is 0.653. The van der Waals surface area contributed by atoms with Gasteiger partial charge in [-0.05, 0) is 52.8 Å². The first-order valence-corrected chi connectivity index (χ1v) is 7.35. The van der Waals surface area contributed by atoms with E-state index in [4.69, 9.17) is 0 Å². The van der Waals surface area contributed by atoms with Crippen LogP contribution in [0.4, 0.5) is 0 Å². The fraction of sp³-hybridized carbons (Fsp3) is 1.00. The van der Waals surface area contributed by atoms with E-state index in [9.17, 15) is 0 Å². The lowest BCUT2D eigenvalue weighted by atomic mass is 9.94. The van der Waals surface area contributed by atoms with Crippen LogP contribution in [-0.4, -0.2) is 0 Å². The van der Waals surface area contributed by atoms with Crippen molar-refractivity contribution < 1.29 is 0 Å². The van der Waals surface area contributed by atoms with Crippen molar-refractivity contribution in [2.45, 2.75) is 54.4 Å². The molecule has 0 radical (unpaired) electrons. The number of hydrogen-bond acceptors (Lipinski definition) is 0. The summed E-state index contributed by atoms with van der Waals surface area (Å²) in [4.78, 5) is 0. The highest BCUT2D eigenvalue weighted by molar-refractivity contribution is 5.21. The van der Waals surface area contributed by atoms with Crippen molar-refractivity contribution in [2.75, 3.05) is 0 Å². The first kappa shape index (κ1) is 11.1. The summed E-state index contributed by atoms with van der Waals surface area (Å²) in [7, 11) is 0. The minimum Gasteiger partial charge on any atom is -0.0651 e. The Labute approximate surface area is 101 Å². The molecule has 0 aromatic rings. The zero-order valence-corrected chi connectivity index (χ0v) is 11.9. The Morgan fingerprint density at radius 3 is 2.00 bits per heavy atom. The maximum atomic E-state index is 2.57. The lowest BCUT2D eigenvalue weighted by Gasteiger charge is -2.11. The third kappa shape index (κ3) is 1.17. The molecule has 0 heterocycles. The number of hydrogen-bond donors (Lipinski definition) is 0. The molecule has 92 valence electrons. The highest BCUT2D eigenvalue weighted by Crippen LogP contribution is 2.78. The van der Waals surface area contributed by atoms with E-state index >= 15 is 0 Å². The zero-order chi connectivity index (χ0) is 11.9. The molecule has 0 bridgehead atoms. The van der Waals surface area contributed by atoms with E-state index in [0.29, 0.717) is 5.41 Å². The lowest BCUT2D eigenvalue weighted by molar-refractivity contribution is 0.372. The molecule has 7 atom stereocenters. The summed E-state index contributed by atoms with van der Waals surface area (Å²) in [6.45, 7) is 14.9. The molecule has 0 heteroatoms. The highest BCUT2D eigenvalue weighted by Gasteiger charge is 2.73. The van der Waals surface area contributed by atoms with E-state index in [2.05, 4.69) is 41.5 Å². The highest BCUT2D eigenvalue weighted by atomic mass is 14.8. The Balaban J connectivity index is 1.69. The molecule has 0 spiro atoms. The average Bonchev–Trinajstić information content (AvgIpc) is 3.10. The fourth-order valence-corrected chi connectivity index (χ4v) is 5.35. The SMILES string of the molecule is CCC1CC1(C)C1C(C)C1C1C(C)C1(C)C. The van der Waals surface area contributed by atoms with Crippen LogP contribution in [0.3, 0.4) is 0 Å². The fourth-order valence-electron chi connectivity index (χ4n) is 5.35. The van der Waals surface area contributed by atoms with Gasteiger partial charge in [0.25, 0.3) is 0 Å². The van der Waals surface area contributed by atoms with Crippen molar-refractivity contribution in [3.8, 4) is 0 Å². The van der Waals surface area contributed by atoms with E-state index in [1.807, 2.05) is 0 Å². The van der Waals surface area contributed by atoms with Gasteiger partial charge in [0.05, 0.1) is 0 Å². The second-order valence-corrected chi connectivity index (χ2v) is 7.91. The summed E-state index contributed by atoms with van der Waals surface area (Å²) < 4.78 is 0. The Kier molecular flexibility index (Phi) is 1.99. The summed E-state index contributed by atoms with van der Waals surface area (Å²) >= 11 is 0. The Bertz CT molecular complexity index is 316. The maximum absolute atomic E-state index is 2.57. The molecule has 3 rings (SSSR count). The molecular weight excluding hydrogens is 192 g/mol. The van der Waals surface area contributed by atoms with Crippen LogP contribution >= 0.6 is 0 Å². The van der Waals surface area contributed by atoms with Gasteiger partial charge in [-0.2, -0.15) is 0 Å². The Morgan fingerprint density at radius 2 is 1.62 bits per heavy atom. The van der Waals surface area contributed by atoms with E-state index in [-0.39, 0.29) is 0 Å². The van der Waals surface area contributed by atoms with Gasteiger partial charge in [-0.3, -0.25) is 0 Å². The molecule has 3 fully saturated rings. The van der Waals surface area contributed by atoms with Crippen LogP contribution in [0.25, 0.3) is 0 Å². The number of rotatable bonds is 3. The third-order valence-electron chi connectivity index (χ3n) is 7.04. The van der Waals surface area contributed by atoms with E-state index in [0.717, 1.165) is 40.9 Å². The van der Waals surface area contributed by atoms with Crippen LogP contribution in [0.5, 0.6) is 0 Å². The van der Waals surface area contributed by atoms with Gasteiger partial charge in [0.15, 0.2) is 0 Å². The van der Waals surface area contributed by atoms with Gasteiger partial charge in [-0.1, -0.05) is 48.0 Å². The molecule has 0 aromatic heterocycles. The summed E-state index contributed by atoms with van der Waals surface area (Å²) in [5.41, 5.74) is 1.40. The van der Waals surface area contributed by atoms with Crippen molar-refractivity contribution in [3.05, 3.63) is 0 Å². The second kappa shape index (κ2) is 2.87. The van der Waals surface area contributed by atoms with Crippen LogP contribution in [0.2, 0.25) is 0 Å². The lowest BCUT2D eigenvalue weighted by Crippen LogP contribution is -2.05. The van der Waals surface area contributed by atoms with Crippen molar-refractivity contribution in [1.29, 1.82) is 0 Å². The van der Waals surface area contributed by atoms with Crippen molar-refractivity contribution in [1.82, 2.24) is 0 Å². The molecule has 0 nitrogen and oxygen atoms in total. The van der Waals surface area contributed by atoms with Gasteiger partial charge in [-0.25, -0.2) is 0 Å². The van der Waals surface area contributed by atoms with Crippen molar-refractivity contribution in [3.63, 3.8) is 0 Å². The van der Waals surface area contributed by atoms with Gasteiger partial charge in [-0.15, -0.1) is 0 Å². The summed E-state index contributed by atoms with van der Waals surface area (Å²) in [6.07, 6.45) is 2.94. The van der Waals surface area contributed by atoms with Crippen LogP contribution in [0.15, 0.2) is 0 Å². The van der Waals surface area contributed by atoms with Gasteiger partial charge in [0.2, 0.25) is 0 Å². The van der Waals surface area contributed by atoms with Crippen LogP contribution < -0.4 is 0 Å². The van der Waals surface area contributed by atoms with Gasteiger partial charge in [0.1, 0.15) is 0 Å². The van der Waals surface area contributed by atoms with Crippen LogP contribution in [-0.2, 0) is 0 Å². The Morgan fingerprint density at radius 1 is 1.06 bits per heavy atom. The predicted molar refractivity (Wildman–Crippen MR) is 69.1 cm³/mol. The average molecular weight is 220 g/mol. The summed E-state index contributed by atoms with van der Waals surface area (Å²) in [6, 6.07) is 0. The van der Waals surface area contributed by atoms with Crippen LogP contribution in [0, 0.1) is 46.3 Å². The predicted octanol–water partition coefficient (Wildman–Crippen LogP) is 4.60. The largest absolute Gasteiger partial charge is 0.0651 e. The molecule has 0 aliphatic heterocycles. The summed E-state index contributed by atoms with van der Waals surface area (Å²) in [5, 5.41) is 0. The van der Waals surface area contributed by atoms with E-state index in [1.54, 1.807) is 0 Å². The molecular formula is C16H28. The molecule has 0 saturated heterocycles. The molecule has 0 aromatic carbocycles. The van der Waals surface area contributed by atoms with E-state index < -0.39 is 0 Å². The standard InChI is InChI=1S/C16H28/c1-7-11-8-16(11,6)13-9(2)12(13)14-10(3)15(14,4)5/h9-14H,7-8H2,1-6H3. The molecule has 0 N–H and O–H groups in total. The van der Waals surface area contributed by atoms with Crippen molar-refractivity contribution in [2.24, 2.45) is 46.3 Å². The molecule has 3 aliphatic rings. The smallest absolute Gasteiger partial charge is 0.0261 e.